The highest BCUT2D eigenvalue weighted by molar-refractivity contribution is 5.94. The average molecular weight is 287 g/mol. The minimum atomic E-state index is 0.0537. The first-order chi connectivity index (χ1) is 10.1. The lowest BCUT2D eigenvalue weighted by molar-refractivity contribution is -0.120. The van der Waals surface area contributed by atoms with E-state index in [9.17, 15) is 4.79 Å². The molecule has 0 spiro atoms. The molecule has 1 unspecified atom stereocenters. The molecule has 112 valence electrons. The van der Waals surface area contributed by atoms with Crippen LogP contribution >= 0.6 is 0 Å². The van der Waals surface area contributed by atoms with Gasteiger partial charge in [-0.05, 0) is 37.6 Å². The second-order valence-electron chi connectivity index (χ2n) is 5.92. The molecule has 1 amide bonds. The van der Waals surface area contributed by atoms with Crippen LogP contribution in [0.2, 0.25) is 0 Å². The number of piperidine rings is 1. The zero-order valence-corrected chi connectivity index (χ0v) is 12.5. The molecule has 0 bridgehead atoms. The van der Waals surface area contributed by atoms with E-state index in [0.29, 0.717) is 0 Å². The number of amides is 1. The maximum atomic E-state index is 12.2. The molecule has 3 rings (SSSR count). The predicted octanol–water partition coefficient (Wildman–Crippen LogP) is 2.89. The molecular weight excluding hydrogens is 266 g/mol. The van der Waals surface area contributed by atoms with Crippen molar-refractivity contribution in [3.8, 4) is 0 Å². The number of hydrogen-bond donors (Lipinski definition) is 2. The Morgan fingerprint density at radius 3 is 3.05 bits per heavy atom. The van der Waals surface area contributed by atoms with Crippen LogP contribution in [0.1, 0.15) is 38.5 Å². The molecule has 1 fully saturated rings. The largest absolute Gasteiger partial charge is 0.440 e. The summed E-state index contributed by atoms with van der Waals surface area (Å²) in [6.45, 7) is 5.86. The van der Waals surface area contributed by atoms with Gasteiger partial charge in [0.05, 0.1) is 5.92 Å². The number of benzene rings is 1. The number of nitrogens with one attached hydrogen (secondary N) is 2. The number of nitrogens with zero attached hydrogens (tertiary/aromatic N) is 1. The van der Waals surface area contributed by atoms with Crippen LogP contribution in [-0.2, 0) is 4.79 Å². The predicted molar refractivity (Wildman–Crippen MR) is 82.3 cm³/mol. The minimum absolute atomic E-state index is 0.0537. The zero-order valence-electron chi connectivity index (χ0n) is 12.5. The summed E-state index contributed by atoms with van der Waals surface area (Å²) in [5.74, 6) is 1.11. The maximum absolute atomic E-state index is 12.2. The topological polar surface area (TPSA) is 67.2 Å². The molecule has 2 heterocycles. The van der Waals surface area contributed by atoms with E-state index in [4.69, 9.17) is 4.42 Å². The second-order valence-corrected chi connectivity index (χ2v) is 5.92. The Balaban J connectivity index is 1.75. The zero-order chi connectivity index (χ0) is 14.8. The van der Waals surface area contributed by atoms with Gasteiger partial charge in [0.2, 0.25) is 5.91 Å². The van der Waals surface area contributed by atoms with E-state index in [1.807, 2.05) is 32.0 Å². The fourth-order valence-electron chi connectivity index (χ4n) is 2.59. The van der Waals surface area contributed by atoms with Crippen LogP contribution in [0.3, 0.4) is 0 Å². The highest BCUT2D eigenvalue weighted by atomic mass is 16.3. The average Bonchev–Trinajstić information content (AvgIpc) is 2.91. The van der Waals surface area contributed by atoms with Gasteiger partial charge in [-0.1, -0.05) is 13.8 Å². The summed E-state index contributed by atoms with van der Waals surface area (Å²) in [7, 11) is 0. The van der Waals surface area contributed by atoms with Gasteiger partial charge in [0, 0.05) is 18.2 Å². The molecule has 5 heteroatoms. The molecule has 2 N–H and O–H groups in total. The number of carbonyl (C=O) groups is 1. The molecule has 1 aliphatic heterocycles. The van der Waals surface area contributed by atoms with Crippen molar-refractivity contribution in [2.24, 2.45) is 5.92 Å². The fourth-order valence-corrected chi connectivity index (χ4v) is 2.59. The summed E-state index contributed by atoms with van der Waals surface area (Å²) in [4.78, 5) is 16.7. The number of aromatic nitrogens is 1. The van der Waals surface area contributed by atoms with Crippen LogP contribution in [0.4, 0.5) is 5.69 Å². The van der Waals surface area contributed by atoms with Crippen LogP contribution in [0.5, 0.6) is 0 Å². The van der Waals surface area contributed by atoms with E-state index in [1.165, 1.54) is 0 Å². The van der Waals surface area contributed by atoms with Gasteiger partial charge in [-0.15, -0.1) is 0 Å². The van der Waals surface area contributed by atoms with Crippen LogP contribution in [0.25, 0.3) is 11.1 Å². The summed E-state index contributed by atoms with van der Waals surface area (Å²) in [5.41, 5.74) is 2.33. The highest BCUT2D eigenvalue weighted by Crippen LogP contribution is 2.24. The summed E-state index contributed by atoms with van der Waals surface area (Å²) in [5, 5.41) is 6.24. The standard InChI is InChI=1S/C16H21N3O2/c1-10(2)16-19-13-8-12(5-6-14(13)21-16)18-15(20)11-4-3-7-17-9-11/h5-6,8,10-11,17H,3-4,7,9H2,1-2H3,(H,18,20). The summed E-state index contributed by atoms with van der Waals surface area (Å²) in [6.07, 6.45) is 2.00. The lowest BCUT2D eigenvalue weighted by Crippen LogP contribution is -2.37. The molecule has 1 saturated heterocycles. The van der Waals surface area contributed by atoms with Gasteiger partial charge in [0.15, 0.2) is 11.5 Å². The minimum Gasteiger partial charge on any atom is -0.440 e. The van der Waals surface area contributed by atoms with Crippen LogP contribution in [0, 0.1) is 5.92 Å². The van der Waals surface area contributed by atoms with Crippen molar-refractivity contribution in [3.05, 3.63) is 24.1 Å². The van der Waals surface area contributed by atoms with Crippen molar-refractivity contribution < 1.29 is 9.21 Å². The van der Waals surface area contributed by atoms with Crippen molar-refractivity contribution in [1.82, 2.24) is 10.3 Å². The third-order valence-corrected chi connectivity index (χ3v) is 3.83. The molecule has 0 radical (unpaired) electrons. The quantitative estimate of drug-likeness (QED) is 0.911. The van der Waals surface area contributed by atoms with Crippen molar-refractivity contribution in [2.75, 3.05) is 18.4 Å². The molecule has 1 atom stereocenters. The lowest BCUT2D eigenvalue weighted by atomic mass is 9.99. The Kier molecular flexibility index (Phi) is 3.92. The van der Waals surface area contributed by atoms with Crippen LogP contribution in [0.15, 0.2) is 22.6 Å². The van der Waals surface area contributed by atoms with Crippen molar-refractivity contribution in [3.63, 3.8) is 0 Å². The van der Waals surface area contributed by atoms with Gasteiger partial charge in [-0.2, -0.15) is 0 Å². The van der Waals surface area contributed by atoms with Crippen LogP contribution in [-0.4, -0.2) is 24.0 Å². The van der Waals surface area contributed by atoms with E-state index in [0.717, 1.165) is 48.6 Å². The highest BCUT2D eigenvalue weighted by Gasteiger charge is 2.21. The van der Waals surface area contributed by atoms with Gasteiger partial charge < -0.3 is 15.1 Å². The smallest absolute Gasteiger partial charge is 0.228 e. The second kappa shape index (κ2) is 5.85. The number of fused-ring (bicyclic) bond motifs is 1. The van der Waals surface area contributed by atoms with E-state index < -0.39 is 0 Å². The van der Waals surface area contributed by atoms with Crippen molar-refractivity contribution in [2.45, 2.75) is 32.6 Å². The molecule has 5 nitrogen and oxygen atoms in total. The van der Waals surface area contributed by atoms with Gasteiger partial charge in [0.25, 0.3) is 0 Å². The third-order valence-electron chi connectivity index (χ3n) is 3.83. The molecule has 21 heavy (non-hydrogen) atoms. The first kappa shape index (κ1) is 14.1. The Labute approximate surface area is 124 Å². The molecule has 1 aromatic heterocycles. The number of hydrogen-bond acceptors (Lipinski definition) is 4. The Hall–Kier alpha value is -1.88. The maximum Gasteiger partial charge on any atom is 0.228 e. The van der Waals surface area contributed by atoms with Gasteiger partial charge in [-0.25, -0.2) is 4.98 Å². The first-order valence-corrected chi connectivity index (χ1v) is 7.55. The number of oxazole rings is 1. The monoisotopic (exact) mass is 287 g/mol. The van der Waals surface area contributed by atoms with E-state index in [1.54, 1.807) is 0 Å². The summed E-state index contributed by atoms with van der Waals surface area (Å²) < 4.78 is 5.67. The fraction of sp³-hybridized carbons (Fsp3) is 0.500. The van der Waals surface area contributed by atoms with E-state index in [2.05, 4.69) is 15.6 Å². The van der Waals surface area contributed by atoms with E-state index >= 15 is 0 Å². The molecule has 0 aliphatic carbocycles. The SMILES string of the molecule is CC(C)c1nc2cc(NC(=O)C3CCCNC3)ccc2o1. The number of carbonyl (C=O) groups excluding carboxylic acids is 1. The third kappa shape index (κ3) is 3.08. The van der Waals surface area contributed by atoms with E-state index in [-0.39, 0.29) is 17.7 Å². The molecular formula is C16H21N3O2. The van der Waals surface area contributed by atoms with Crippen LogP contribution < -0.4 is 10.6 Å². The molecule has 2 aromatic rings. The van der Waals surface area contributed by atoms with Gasteiger partial charge in [0.1, 0.15) is 5.52 Å². The van der Waals surface area contributed by atoms with Gasteiger partial charge >= 0.3 is 0 Å². The molecule has 0 saturated carbocycles. The van der Waals surface area contributed by atoms with Crippen molar-refractivity contribution >= 4 is 22.7 Å². The van der Waals surface area contributed by atoms with Gasteiger partial charge in [-0.3, -0.25) is 4.79 Å². The Morgan fingerprint density at radius 1 is 1.48 bits per heavy atom. The first-order valence-electron chi connectivity index (χ1n) is 7.55. The number of anilines is 1. The molecule has 1 aliphatic rings. The summed E-state index contributed by atoms with van der Waals surface area (Å²) in [6, 6.07) is 5.60. The Morgan fingerprint density at radius 2 is 2.33 bits per heavy atom. The molecule has 1 aromatic carbocycles. The summed E-state index contributed by atoms with van der Waals surface area (Å²) >= 11 is 0. The van der Waals surface area contributed by atoms with Crippen molar-refractivity contribution in [1.29, 1.82) is 0 Å². The normalized spacial score (nSPS) is 19.1. The lowest BCUT2D eigenvalue weighted by Gasteiger charge is -2.21. The number of rotatable bonds is 3. The Bertz CT molecular complexity index is 642.